The van der Waals surface area contributed by atoms with Gasteiger partial charge >= 0.3 is 0 Å². The molecular formula is C13H13FN2O3. The van der Waals surface area contributed by atoms with Gasteiger partial charge in [0.2, 0.25) is 11.8 Å². The Hall–Kier alpha value is -2.24. The Labute approximate surface area is 109 Å². The molecule has 0 aliphatic carbocycles. The number of likely N-dealkylation sites (N-methyl/N-ethyl adjacent to an activating group) is 1. The van der Waals surface area contributed by atoms with Crippen LogP contribution in [-0.2, 0) is 9.59 Å². The zero-order chi connectivity index (χ0) is 14.0. The second-order valence-corrected chi connectivity index (χ2v) is 4.43. The van der Waals surface area contributed by atoms with Crippen LogP contribution < -0.4 is 0 Å². The highest BCUT2D eigenvalue weighted by Gasteiger charge is 2.28. The molecule has 1 aromatic carbocycles. The molecule has 2 rings (SSSR count). The van der Waals surface area contributed by atoms with Crippen LogP contribution in [0.4, 0.5) is 4.39 Å². The van der Waals surface area contributed by atoms with E-state index in [4.69, 9.17) is 0 Å². The van der Waals surface area contributed by atoms with Crippen molar-refractivity contribution >= 4 is 17.6 Å². The summed E-state index contributed by atoms with van der Waals surface area (Å²) in [5.41, 5.74) is 0.194. The maximum Gasteiger partial charge on any atom is 0.243 e. The van der Waals surface area contributed by atoms with E-state index < -0.39 is 5.82 Å². The maximum atomic E-state index is 13.0. The Balaban J connectivity index is 2.07. The monoisotopic (exact) mass is 264 g/mol. The fourth-order valence-corrected chi connectivity index (χ4v) is 1.83. The van der Waals surface area contributed by atoms with E-state index in [-0.39, 0.29) is 42.8 Å². The normalized spacial score (nSPS) is 15.9. The number of hydrogen-bond donors (Lipinski definition) is 0. The first kappa shape index (κ1) is 13.2. The summed E-state index contributed by atoms with van der Waals surface area (Å²) in [6.45, 7) is -0.354. The van der Waals surface area contributed by atoms with E-state index in [1.807, 2.05) is 0 Å². The molecule has 1 aliphatic rings. The summed E-state index contributed by atoms with van der Waals surface area (Å²) in [6.07, 6.45) is 0. The molecule has 0 spiro atoms. The molecule has 6 heteroatoms. The predicted molar refractivity (Wildman–Crippen MR) is 64.9 cm³/mol. The van der Waals surface area contributed by atoms with E-state index in [0.717, 1.165) is 6.07 Å². The average Bonchev–Trinajstić information content (AvgIpc) is 2.36. The molecule has 0 aromatic heterocycles. The summed E-state index contributed by atoms with van der Waals surface area (Å²) < 4.78 is 13.0. The number of rotatable bonds is 3. The maximum absolute atomic E-state index is 13.0. The molecule has 100 valence electrons. The minimum Gasteiger partial charge on any atom is -0.335 e. The first-order chi connectivity index (χ1) is 8.97. The van der Waals surface area contributed by atoms with Gasteiger partial charge in [-0.1, -0.05) is 12.1 Å². The molecule has 0 atom stereocenters. The second kappa shape index (κ2) is 5.17. The van der Waals surface area contributed by atoms with Crippen LogP contribution in [0.5, 0.6) is 0 Å². The molecule has 1 saturated heterocycles. The minimum atomic E-state index is -0.508. The van der Waals surface area contributed by atoms with Crippen LogP contribution in [-0.4, -0.2) is 54.1 Å². The summed E-state index contributed by atoms with van der Waals surface area (Å²) in [5, 5.41) is 0. The molecule has 0 unspecified atom stereocenters. The Morgan fingerprint density at radius 1 is 1.26 bits per heavy atom. The van der Waals surface area contributed by atoms with Gasteiger partial charge in [0.15, 0.2) is 5.78 Å². The van der Waals surface area contributed by atoms with Crippen molar-refractivity contribution in [1.29, 1.82) is 0 Å². The van der Waals surface area contributed by atoms with Crippen LogP contribution in [0, 0.1) is 5.82 Å². The molecule has 0 saturated carbocycles. The van der Waals surface area contributed by atoms with Gasteiger partial charge in [0.25, 0.3) is 0 Å². The zero-order valence-electron chi connectivity index (χ0n) is 10.4. The third-order valence-corrected chi connectivity index (χ3v) is 2.96. The number of hydrogen-bond acceptors (Lipinski definition) is 3. The first-order valence-corrected chi connectivity index (χ1v) is 5.78. The van der Waals surface area contributed by atoms with Gasteiger partial charge in [0.05, 0.1) is 13.1 Å². The number of ketones is 1. The van der Waals surface area contributed by atoms with E-state index in [0.29, 0.717) is 0 Å². The van der Waals surface area contributed by atoms with Gasteiger partial charge in [-0.05, 0) is 12.1 Å². The summed E-state index contributed by atoms with van der Waals surface area (Å²) in [6, 6.07) is 5.26. The number of Topliss-reactive ketones (excluding diaryl/α,β-unsaturated/α-hetero) is 1. The van der Waals surface area contributed by atoms with Crippen molar-refractivity contribution in [3.05, 3.63) is 35.6 Å². The van der Waals surface area contributed by atoms with Crippen molar-refractivity contribution in [2.45, 2.75) is 0 Å². The highest BCUT2D eigenvalue weighted by molar-refractivity contribution is 6.01. The minimum absolute atomic E-state index is 0.0325. The third-order valence-electron chi connectivity index (χ3n) is 2.96. The van der Waals surface area contributed by atoms with Gasteiger partial charge in [0.1, 0.15) is 12.4 Å². The number of nitrogens with zero attached hydrogens (tertiary/aromatic N) is 2. The number of carbonyl (C=O) groups is 3. The van der Waals surface area contributed by atoms with Gasteiger partial charge < -0.3 is 9.80 Å². The number of benzene rings is 1. The zero-order valence-corrected chi connectivity index (χ0v) is 10.4. The van der Waals surface area contributed by atoms with Gasteiger partial charge in [-0.3, -0.25) is 14.4 Å². The van der Waals surface area contributed by atoms with Crippen molar-refractivity contribution in [3.63, 3.8) is 0 Å². The van der Waals surface area contributed by atoms with Crippen LogP contribution in [0.1, 0.15) is 10.4 Å². The lowest BCUT2D eigenvalue weighted by molar-refractivity contribution is -0.148. The van der Waals surface area contributed by atoms with Crippen molar-refractivity contribution in [2.24, 2.45) is 0 Å². The molecule has 5 nitrogen and oxygen atoms in total. The first-order valence-electron chi connectivity index (χ1n) is 5.78. The number of piperazine rings is 1. The quantitative estimate of drug-likeness (QED) is 0.738. The second-order valence-electron chi connectivity index (χ2n) is 4.43. The molecule has 19 heavy (non-hydrogen) atoms. The SMILES string of the molecule is CN1CC(=O)N(CC(=O)c2cccc(F)c2)CC1=O. The van der Waals surface area contributed by atoms with Crippen LogP contribution in [0.2, 0.25) is 0 Å². The van der Waals surface area contributed by atoms with Crippen LogP contribution in [0.3, 0.4) is 0 Å². The van der Waals surface area contributed by atoms with Gasteiger partial charge in [-0.15, -0.1) is 0 Å². The highest BCUT2D eigenvalue weighted by Crippen LogP contribution is 2.08. The lowest BCUT2D eigenvalue weighted by Crippen LogP contribution is -2.53. The van der Waals surface area contributed by atoms with Crippen molar-refractivity contribution in [1.82, 2.24) is 9.80 Å². The fraction of sp³-hybridized carbons (Fsp3) is 0.308. The molecular weight excluding hydrogens is 251 g/mol. The van der Waals surface area contributed by atoms with Crippen molar-refractivity contribution < 1.29 is 18.8 Å². The summed E-state index contributed by atoms with van der Waals surface area (Å²) in [4.78, 5) is 37.6. The van der Waals surface area contributed by atoms with E-state index in [9.17, 15) is 18.8 Å². The van der Waals surface area contributed by atoms with Gasteiger partial charge in [0, 0.05) is 12.6 Å². The number of amides is 2. The fourth-order valence-electron chi connectivity index (χ4n) is 1.83. The summed E-state index contributed by atoms with van der Waals surface area (Å²) in [7, 11) is 1.53. The van der Waals surface area contributed by atoms with Gasteiger partial charge in [-0.25, -0.2) is 4.39 Å². The smallest absolute Gasteiger partial charge is 0.243 e. The highest BCUT2D eigenvalue weighted by atomic mass is 19.1. The Bertz CT molecular complexity index is 544. The van der Waals surface area contributed by atoms with Crippen molar-refractivity contribution in [2.75, 3.05) is 26.7 Å². The average molecular weight is 264 g/mol. The molecule has 0 radical (unpaired) electrons. The Morgan fingerprint density at radius 3 is 2.68 bits per heavy atom. The molecule has 1 aromatic rings. The van der Waals surface area contributed by atoms with E-state index in [1.165, 1.54) is 35.0 Å². The van der Waals surface area contributed by atoms with Crippen LogP contribution in [0.15, 0.2) is 24.3 Å². The molecule has 0 N–H and O–H groups in total. The topological polar surface area (TPSA) is 57.7 Å². The molecule has 1 fully saturated rings. The van der Waals surface area contributed by atoms with E-state index >= 15 is 0 Å². The summed E-state index contributed by atoms with van der Waals surface area (Å²) in [5.74, 6) is -1.39. The third kappa shape index (κ3) is 2.96. The summed E-state index contributed by atoms with van der Waals surface area (Å²) >= 11 is 0. The van der Waals surface area contributed by atoms with Crippen LogP contribution in [0.25, 0.3) is 0 Å². The van der Waals surface area contributed by atoms with Crippen LogP contribution >= 0.6 is 0 Å². The van der Waals surface area contributed by atoms with Gasteiger partial charge in [-0.2, -0.15) is 0 Å². The standard InChI is InChI=1S/C13H13FN2O3/c1-15-7-13(19)16(8-12(15)18)6-11(17)9-3-2-4-10(14)5-9/h2-5H,6-8H2,1H3. The largest absolute Gasteiger partial charge is 0.335 e. The van der Waals surface area contributed by atoms with Crippen molar-refractivity contribution in [3.8, 4) is 0 Å². The molecule has 2 amide bonds. The predicted octanol–water partition coefficient (Wildman–Crippen LogP) is 0.309. The molecule has 0 bridgehead atoms. The Morgan fingerprint density at radius 2 is 2.00 bits per heavy atom. The number of carbonyl (C=O) groups excluding carboxylic acids is 3. The van der Waals surface area contributed by atoms with E-state index in [1.54, 1.807) is 0 Å². The van der Waals surface area contributed by atoms with E-state index in [2.05, 4.69) is 0 Å². The lowest BCUT2D eigenvalue weighted by Gasteiger charge is -2.31. The lowest BCUT2D eigenvalue weighted by atomic mass is 10.1. The Kier molecular flexibility index (Phi) is 3.59. The molecule has 1 aliphatic heterocycles. The number of halogens is 1. The molecule has 1 heterocycles.